The van der Waals surface area contributed by atoms with E-state index in [2.05, 4.69) is 20.4 Å². The molecular weight excluding hydrogens is 218 g/mol. The smallest absolute Gasteiger partial charge is 0.269 e. The van der Waals surface area contributed by atoms with Gasteiger partial charge in [-0.05, 0) is 31.8 Å². The van der Waals surface area contributed by atoms with Crippen molar-refractivity contribution in [2.75, 3.05) is 25.4 Å². The first-order chi connectivity index (χ1) is 8.22. The molecule has 0 spiro atoms. The fraction of sp³-hybridized carbons (Fsp3) is 0.636. The number of hydrogen-bond donors (Lipinski definition) is 3. The van der Waals surface area contributed by atoms with Crippen molar-refractivity contribution >= 4 is 11.7 Å². The molecule has 1 amide bonds. The molecule has 3 aliphatic heterocycles. The number of carbonyl (C=O) groups is 1. The van der Waals surface area contributed by atoms with Crippen LogP contribution in [0.2, 0.25) is 0 Å². The minimum Gasteiger partial charge on any atom is -0.382 e. The van der Waals surface area contributed by atoms with Crippen molar-refractivity contribution in [2.24, 2.45) is 5.92 Å². The number of aromatic amines is 1. The Hall–Kier alpha value is -1.56. The van der Waals surface area contributed by atoms with E-state index in [1.165, 1.54) is 25.9 Å². The number of amides is 1. The minimum absolute atomic E-state index is 0.104. The Morgan fingerprint density at radius 1 is 1.53 bits per heavy atom. The number of aromatic nitrogens is 2. The highest BCUT2D eigenvalue weighted by Gasteiger charge is 2.35. The zero-order valence-corrected chi connectivity index (χ0v) is 9.65. The number of H-pyrrole nitrogens is 1. The van der Waals surface area contributed by atoms with E-state index in [1.807, 2.05) is 0 Å². The number of anilines is 1. The minimum atomic E-state index is -0.104. The molecule has 0 saturated carbocycles. The number of nitrogens with zero attached hydrogens (tertiary/aromatic N) is 2. The van der Waals surface area contributed by atoms with Crippen molar-refractivity contribution in [3.8, 4) is 0 Å². The predicted octanol–water partition coefficient (Wildman–Crippen LogP) is -0.184. The molecule has 17 heavy (non-hydrogen) atoms. The SMILES string of the molecule is Nc1cc(C(=O)NC2CN3CCC2CC3)[nH]n1. The van der Waals surface area contributed by atoms with Crippen molar-refractivity contribution in [3.63, 3.8) is 0 Å². The fourth-order valence-corrected chi connectivity index (χ4v) is 2.83. The molecule has 1 unspecified atom stereocenters. The van der Waals surface area contributed by atoms with Crippen molar-refractivity contribution in [1.82, 2.24) is 20.4 Å². The standard InChI is InChI=1S/C11H17N5O/c12-10-5-8(14-15-10)11(17)13-9-6-16-3-1-7(9)2-4-16/h5,7,9H,1-4,6H2,(H,13,17)(H3,12,14,15). The second-order valence-electron chi connectivity index (χ2n) is 4.92. The van der Waals surface area contributed by atoms with Gasteiger partial charge >= 0.3 is 0 Å². The van der Waals surface area contributed by atoms with Gasteiger partial charge in [0.05, 0.1) is 0 Å². The van der Waals surface area contributed by atoms with Crippen LogP contribution in [0.3, 0.4) is 0 Å². The highest BCUT2D eigenvalue weighted by atomic mass is 16.2. The van der Waals surface area contributed by atoms with Gasteiger partial charge in [0, 0.05) is 18.7 Å². The molecule has 2 bridgehead atoms. The normalized spacial score (nSPS) is 31.4. The van der Waals surface area contributed by atoms with E-state index >= 15 is 0 Å². The Balaban J connectivity index is 1.65. The third-order valence-corrected chi connectivity index (χ3v) is 3.81. The zero-order chi connectivity index (χ0) is 11.8. The van der Waals surface area contributed by atoms with Crippen LogP contribution in [0, 0.1) is 5.92 Å². The van der Waals surface area contributed by atoms with E-state index in [9.17, 15) is 4.79 Å². The van der Waals surface area contributed by atoms with E-state index in [-0.39, 0.29) is 11.9 Å². The molecule has 0 aromatic carbocycles. The van der Waals surface area contributed by atoms with Crippen LogP contribution >= 0.6 is 0 Å². The van der Waals surface area contributed by atoms with Crippen LogP contribution in [0.25, 0.3) is 0 Å². The summed E-state index contributed by atoms with van der Waals surface area (Å²) in [4.78, 5) is 14.4. The van der Waals surface area contributed by atoms with Crippen LogP contribution in [-0.2, 0) is 0 Å². The summed E-state index contributed by atoms with van der Waals surface area (Å²) in [6.45, 7) is 3.32. The molecule has 4 rings (SSSR count). The molecule has 3 aliphatic rings. The number of piperidine rings is 3. The molecule has 4 heterocycles. The van der Waals surface area contributed by atoms with Crippen LogP contribution in [0.4, 0.5) is 5.82 Å². The number of nitrogens with two attached hydrogens (primary N) is 1. The summed E-state index contributed by atoms with van der Waals surface area (Å²) in [5.41, 5.74) is 5.92. The van der Waals surface area contributed by atoms with Crippen LogP contribution in [0.15, 0.2) is 6.07 Å². The maximum atomic E-state index is 11.9. The first-order valence-corrected chi connectivity index (χ1v) is 6.06. The maximum absolute atomic E-state index is 11.9. The number of nitrogen functional groups attached to an aromatic ring is 1. The summed E-state index contributed by atoms with van der Waals surface area (Å²) < 4.78 is 0. The summed E-state index contributed by atoms with van der Waals surface area (Å²) in [5, 5.41) is 9.47. The predicted molar refractivity (Wildman–Crippen MR) is 63.4 cm³/mol. The number of rotatable bonds is 2. The van der Waals surface area contributed by atoms with Gasteiger partial charge in [-0.15, -0.1) is 0 Å². The average molecular weight is 235 g/mol. The Kier molecular flexibility index (Phi) is 2.51. The lowest BCUT2D eigenvalue weighted by atomic mass is 9.84. The molecule has 3 saturated heterocycles. The molecule has 1 atom stereocenters. The Morgan fingerprint density at radius 3 is 2.82 bits per heavy atom. The van der Waals surface area contributed by atoms with Crippen LogP contribution in [-0.4, -0.2) is 46.7 Å². The van der Waals surface area contributed by atoms with Gasteiger partial charge in [0.1, 0.15) is 11.5 Å². The molecular formula is C11H17N5O. The van der Waals surface area contributed by atoms with Gasteiger partial charge < -0.3 is 16.0 Å². The van der Waals surface area contributed by atoms with Gasteiger partial charge in [-0.1, -0.05) is 0 Å². The highest BCUT2D eigenvalue weighted by Crippen LogP contribution is 2.27. The highest BCUT2D eigenvalue weighted by molar-refractivity contribution is 5.93. The third kappa shape index (κ3) is 2.00. The molecule has 6 heteroatoms. The molecule has 92 valence electrons. The van der Waals surface area contributed by atoms with E-state index in [0.717, 1.165) is 6.54 Å². The average Bonchev–Trinajstić information content (AvgIpc) is 2.77. The number of carbonyl (C=O) groups excluding carboxylic acids is 1. The molecule has 1 aromatic heterocycles. The van der Waals surface area contributed by atoms with Crippen LogP contribution in [0.5, 0.6) is 0 Å². The molecule has 0 radical (unpaired) electrons. The maximum Gasteiger partial charge on any atom is 0.269 e. The van der Waals surface area contributed by atoms with Crippen molar-refractivity contribution in [1.29, 1.82) is 0 Å². The summed E-state index contributed by atoms with van der Waals surface area (Å²) >= 11 is 0. The van der Waals surface area contributed by atoms with E-state index in [0.29, 0.717) is 17.4 Å². The number of nitrogens with one attached hydrogen (secondary N) is 2. The summed E-state index contributed by atoms with van der Waals surface area (Å²) in [6.07, 6.45) is 2.38. The van der Waals surface area contributed by atoms with Gasteiger partial charge in [0.25, 0.3) is 5.91 Å². The van der Waals surface area contributed by atoms with Crippen molar-refractivity contribution < 1.29 is 4.79 Å². The fourth-order valence-electron chi connectivity index (χ4n) is 2.83. The van der Waals surface area contributed by atoms with Gasteiger partial charge in [0.15, 0.2) is 0 Å². The topological polar surface area (TPSA) is 87.0 Å². The lowest BCUT2D eigenvalue weighted by molar-refractivity contribution is 0.0618. The molecule has 6 nitrogen and oxygen atoms in total. The van der Waals surface area contributed by atoms with Crippen LogP contribution in [0.1, 0.15) is 23.3 Å². The third-order valence-electron chi connectivity index (χ3n) is 3.81. The molecule has 0 aliphatic carbocycles. The largest absolute Gasteiger partial charge is 0.382 e. The van der Waals surface area contributed by atoms with Crippen molar-refractivity contribution in [2.45, 2.75) is 18.9 Å². The lowest BCUT2D eigenvalue weighted by Gasteiger charge is -2.44. The van der Waals surface area contributed by atoms with E-state index < -0.39 is 0 Å². The van der Waals surface area contributed by atoms with Gasteiger partial charge in [-0.25, -0.2) is 0 Å². The zero-order valence-electron chi connectivity index (χ0n) is 9.65. The van der Waals surface area contributed by atoms with Gasteiger partial charge in [0.2, 0.25) is 0 Å². The quantitative estimate of drug-likeness (QED) is 0.663. The van der Waals surface area contributed by atoms with E-state index in [1.54, 1.807) is 6.07 Å². The van der Waals surface area contributed by atoms with Gasteiger partial charge in [-0.2, -0.15) is 5.10 Å². The lowest BCUT2D eigenvalue weighted by Crippen LogP contribution is -2.57. The Morgan fingerprint density at radius 2 is 2.29 bits per heavy atom. The Labute approximate surface area is 99.5 Å². The summed E-state index contributed by atoms with van der Waals surface area (Å²) in [5.74, 6) is 0.876. The second-order valence-corrected chi connectivity index (χ2v) is 4.92. The monoisotopic (exact) mass is 235 g/mol. The molecule has 1 aromatic rings. The van der Waals surface area contributed by atoms with Gasteiger partial charge in [-0.3, -0.25) is 9.89 Å². The summed E-state index contributed by atoms with van der Waals surface area (Å²) in [6, 6.07) is 1.84. The summed E-state index contributed by atoms with van der Waals surface area (Å²) in [7, 11) is 0. The number of fused-ring (bicyclic) bond motifs is 3. The second kappa shape index (κ2) is 4.03. The number of hydrogen-bond acceptors (Lipinski definition) is 4. The molecule has 4 N–H and O–H groups in total. The van der Waals surface area contributed by atoms with Crippen LogP contribution < -0.4 is 11.1 Å². The first-order valence-electron chi connectivity index (χ1n) is 6.06. The molecule has 3 fully saturated rings. The van der Waals surface area contributed by atoms with Crippen molar-refractivity contribution in [3.05, 3.63) is 11.8 Å². The Bertz CT molecular complexity index is 421. The van der Waals surface area contributed by atoms with E-state index in [4.69, 9.17) is 5.73 Å². The first kappa shape index (κ1) is 10.6.